The Morgan fingerprint density at radius 3 is 2.50 bits per heavy atom. The van der Waals surface area contributed by atoms with E-state index in [0.717, 1.165) is 48.3 Å². The third kappa shape index (κ3) is 3.88. The van der Waals surface area contributed by atoms with Crippen LogP contribution in [-0.4, -0.2) is 22.8 Å². The number of allylic oxidation sites excluding steroid dienone is 3. The molecular weight excluding hydrogens is 400 g/mol. The predicted molar refractivity (Wildman–Crippen MR) is 122 cm³/mol. The highest BCUT2D eigenvalue weighted by molar-refractivity contribution is 5.96. The van der Waals surface area contributed by atoms with Crippen molar-refractivity contribution in [2.75, 3.05) is 0 Å². The summed E-state index contributed by atoms with van der Waals surface area (Å²) in [5.74, 6) is -1.08. The number of carbonyl (C=O) groups is 2. The van der Waals surface area contributed by atoms with Gasteiger partial charge in [-0.25, -0.2) is 4.79 Å². The van der Waals surface area contributed by atoms with Gasteiger partial charge in [0.15, 0.2) is 0 Å². The van der Waals surface area contributed by atoms with Crippen molar-refractivity contribution in [3.8, 4) is 0 Å². The first-order valence-corrected chi connectivity index (χ1v) is 11.5. The number of nitrogens with one attached hydrogen (secondary N) is 1. The monoisotopic (exact) mass is 428 g/mol. The molecule has 32 heavy (non-hydrogen) atoms. The van der Waals surface area contributed by atoms with Crippen molar-refractivity contribution in [2.45, 2.75) is 57.0 Å². The molecule has 1 aromatic heterocycles. The molecule has 5 nitrogen and oxygen atoms in total. The Balaban J connectivity index is 1.56. The van der Waals surface area contributed by atoms with Gasteiger partial charge < -0.3 is 10.1 Å². The average Bonchev–Trinajstić information content (AvgIpc) is 3.32. The van der Waals surface area contributed by atoms with E-state index in [-0.39, 0.29) is 23.8 Å². The second-order valence-electron chi connectivity index (χ2n) is 9.00. The number of pyridine rings is 1. The van der Waals surface area contributed by atoms with E-state index in [0.29, 0.717) is 12.0 Å². The number of Topliss-reactive ketones (excluding diaryl/α,β-unsaturated/α-hetero) is 1. The van der Waals surface area contributed by atoms with Crippen LogP contribution in [0.1, 0.15) is 62.1 Å². The molecule has 2 aromatic rings. The number of ketones is 1. The van der Waals surface area contributed by atoms with Gasteiger partial charge in [0.05, 0.1) is 17.4 Å². The van der Waals surface area contributed by atoms with Gasteiger partial charge in [0.1, 0.15) is 11.9 Å². The van der Waals surface area contributed by atoms with E-state index in [1.807, 2.05) is 43.3 Å². The fourth-order valence-electron chi connectivity index (χ4n) is 5.36. The van der Waals surface area contributed by atoms with Crippen LogP contribution in [0, 0.1) is 5.92 Å². The van der Waals surface area contributed by atoms with Gasteiger partial charge in [0.25, 0.3) is 0 Å². The predicted octanol–water partition coefficient (Wildman–Crippen LogP) is 4.78. The van der Waals surface area contributed by atoms with Gasteiger partial charge in [-0.15, -0.1) is 0 Å². The lowest BCUT2D eigenvalue weighted by molar-refractivity contribution is -0.144. The van der Waals surface area contributed by atoms with Crippen molar-refractivity contribution in [3.63, 3.8) is 0 Å². The summed E-state index contributed by atoms with van der Waals surface area (Å²) in [5, 5.41) is 3.40. The molecule has 1 fully saturated rings. The van der Waals surface area contributed by atoms with Crippen molar-refractivity contribution < 1.29 is 14.3 Å². The quantitative estimate of drug-likeness (QED) is 0.710. The second kappa shape index (κ2) is 8.73. The molecule has 2 aliphatic carbocycles. The number of carbonyl (C=O) groups excluding carboxylic acids is 2. The number of hydrogen-bond acceptors (Lipinski definition) is 5. The molecule has 5 rings (SSSR count). The van der Waals surface area contributed by atoms with E-state index in [9.17, 15) is 9.59 Å². The molecule has 1 aliphatic heterocycles. The number of benzene rings is 1. The van der Waals surface area contributed by atoms with Gasteiger partial charge >= 0.3 is 5.97 Å². The van der Waals surface area contributed by atoms with Crippen molar-refractivity contribution in [3.05, 3.63) is 89.0 Å². The lowest BCUT2D eigenvalue weighted by Gasteiger charge is -2.39. The van der Waals surface area contributed by atoms with E-state index in [1.165, 1.54) is 0 Å². The SMILES string of the molecule is CC1=C(C(=O)OC2CCCC2)C(c2ccccn2)C2C(=O)CC(c3ccccc3)C=C2N1. The maximum atomic E-state index is 13.5. The number of aromatic nitrogens is 1. The minimum atomic E-state index is -0.459. The largest absolute Gasteiger partial charge is 0.459 e. The molecule has 3 unspecified atom stereocenters. The van der Waals surface area contributed by atoms with Crippen molar-refractivity contribution in [1.82, 2.24) is 10.3 Å². The zero-order valence-electron chi connectivity index (χ0n) is 18.3. The summed E-state index contributed by atoms with van der Waals surface area (Å²) >= 11 is 0. The highest BCUT2D eigenvalue weighted by Crippen LogP contribution is 2.45. The maximum Gasteiger partial charge on any atom is 0.336 e. The molecule has 0 amide bonds. The van der Waals surface area contributed by atoms with Crippen molar-refractivity contribution >= 4 is 11.8 Å². The Morgan fingerprint density at radius 1 is 1.03 bits per heavy atom. The van der Waals surface area contributed by atoms with Crippen LogP contribution in [0.3, 0.4) is 0 Å². The number of hydrogen-bond donors (Lipinski definition) is 1. The molecule has 0 radical (unpaired) electrons. The summed E-state index contributed by atoms with van der Waals surface area (Å²) in [6, 6.07) is 15.7. The first-order valence-electron chi connectivity index (χ1n) is 11.5. The lowest BCUT2D eigenvalue weighted by Crippen LogP contribution is -2.42. The smallest absolute Gasteiger partial charge is 0.336 e. The summed E-state index contributed by atoms with van der Waals surface area (Å²) < 4.78 is 5.88. The first kappa shape index (κ1) is 20.7. The van der Waals surface area contributed by atoms with E-state index >= 15 is 0 Å². The summed E-state index contributed by atoms with van der Waals surface area (Å²) in [4.78, 5) is 31.4. The highest BCUT2D eigenvalue weighted by atomic mass is 16.5. The zero-order valence-corrected chi connectivity index (χ0v) is 18.3. The Kier molecular flexibility index (Phi) is 5.64. The third-order valence-electron chi connectivity index (χ3n) is 6.89. The summed E-state index contributed by atoms with van der Waals surface area (Å²) in [6.45, 7) is 1.90. The van der Waals surface area contributed by atoms with Crippen LogP contribution in [0.5, 0.6) is 0 Å². The standard InChI is InChI=1S/C27H28N2O3/c1-17-24(27(31)32-20-11-5-6-12-20)26(21-13-7-8-14-28-21)25-22(29-17)15-19(16-23(25)30)18-9-3-2-4-10-18/h2-4,7-10,13-15,19-20,25-26,29H,5-6,11-12,16H2,1H3. The van der Waals surface area contributed by atoms with E-state index in [1.54, 1.807) is 6.20 Å². The Labute approximate surface area is 188 Å². The van der Waals surface area contributed by atoms with Gasteiger partial charge in [-0.05, 0) is 50.3 Å². The minimum absolute atomic E-state index is 0.0200. The van der Waals surface area contributed by atoms with Crippen LogP contribution in [0.4, 0.5) is 0 Å². The molecule has 0 spiro atoms. The molecule has 3 atom stereocenters. The van der Waals surface area contributed by atoms with Crippen molar-refractivity contribution in [2.24, 2.45) is 5.92 Å². The Bertz CT molecular complexity index is 1070. The number of rotatable bonds is 4. The van der Waals surface area contributed by atoms with E-state index in [2.05, 4.69) is 28.5 Å². The number of esters is 1. The average molecular weight is 429 g/mol. The second-order valence-corrected chi connectivity index (χ2v) is 9.00. The van der Waals surface area contributed by atoms with Crippen molar-refractivity contribution in [1.29, 1.82) is 0 Å². The van der Waals surface area contributed by atoms with Gasteiger partial charge in [-0.3, -0.25) is 9.78 Å². The minimum Gasteiger partial charge on any atom is -0.459 e. The van der Waals surface area contributed by atoms with Gasteiger partial charge in [0.2, 0.25) is 0 Å². The van der Waals surface area contributed by atoms with Gasteiger partial charge in [-0.1, -0.05) is 42.5 Å². The fraction of sp³-hybridized carbons (Fsp3) is 0.370. The molecule has 0 bridgehead atoms. The maximum absolute atomic E-state index is 13.5. The van der Waals surface area contributed by atoms with Crippen LogP contribution in [0.2, 0.25) is 0 Å². The summed E-state index contributed by atoms with van der Waals surface area (Å²) in [5.41, 5.74) is 3.99. The highest BCUT2D eigenvalue weighted by Gasteiger charge is 2.46. The molecule has 164 valence electrons. The molecule has 0 saturated heterocycles. The topological polar surface area (TPSA) is 68.3 Å². The lowest BCUT2D eigenvalue weighted by atomic mass is 9.69. The van der Waals surface area contributed by atoms with Crippen LogP contribution in [-0.2, 0) is 14.3 Å². The zero-order chi connectivity index (χ0) is 22.1. The van der Waals surface area contributed by atoms with Crippen LogP contribution >= 0.6 is 0 Å². The normalized spacial score (nSPS) is 25.7. The third-order valence-corrected chi connectivity index (χ3v) is 6.89. The van der Waals surface area contributed by atoms with Crippen LogP contribution in [0.25, 0.3) is 0 Å². The molecule has 2 heterocycles. The van der Waals surface area contributed by atoms with Gasteiger partial charge in [0, 0.05) is 35.6 Å². The summed E-state index contributed by atoms with van der Waals surface area (Å²) in [7, 11) is 0. The Morgan fingerprint density at radius 2 is 1.78 bits per heavy atom. The molecule has 1 N–H and O–H groups in total. The molecule has 1 saturated carbocycles. The van der Waals surface area contributed by atoms with Gasteiger partial charge in [-0.2, -0.15) is 0 Å². The molecular formula is C27H28N2O3. The molecule has 5 heteroatoms. The summed E-state index contributed by atoms with van der Waals surface area (Å²) in [6.07, 6.45) is 8.24. The Hall–Kier alpha value is -3.21. The number of nitrogens with zero attached hydrogens (tertiary/aromatic N) is 1. The van der Waals surface area contributed by atoms with E-state index in [4.69, 9.17) is 4.74 Å². The van der Waals surface area contributed by atoms with Crippen LogP contribution < -0.4 is 5.32 Å². The molecule has 1 aromatic carbocycles. The fourth-order valence-corrected chi connectivity index (χ4v) is 5.36. The molecule has 3 aliphatic rings. The van der Waals surface area contributed by atoms with Crippen LogP contribution in [0.15, 0.2) is 77.8 Å². The first-order chi connectivity index (χ1) is 15.6. The van der Waals surface area contributed by atoms with E-state index < -0.39 is 11.8 Å². The number of ether oxygens (including phenoxy) is 1. The number of fused-ring (bicyclic) bond motifs is 1.